The monoisotopic (exact) mass is 371 g/mol. The molecule has 1 aliphatic rings. The summed E-state index contributed by atoms with van der Waals surface area (Å²) in [6.45, 7) is 4.12. The molecule has 0 aliphatic carbocycles. The van der Waals surface area contributed by atoms with E-state index in [2.05, 4.69) is 34.5 Å². The van der Waals surface area contributed by atoms with Crippen molar-refractivity contribution in [2.75, 3.05) is 39.3 Å². The standard InChI is InChI=1S/C22H30N2O3/c1-25-20-14-22(27-3)21(26-2)13-18(20)16-23-15-17-7-9-19(10-8-17)24-11-5-4-6-12-24/h7-10,13-14,23H,4-6,11-12,15-16H2,1-3H3/p+1. The highest BCUT2D eigenvalue weighted by Gasteiger charge is 2.13. The third kappa shape index (κ3) is 4.86. The van der Waals surface area contributed by atoms with Crippen molar-refractivity contribution in [2.45, 2.75) is 32.4 Å². The summed E-state index contributed by atoms with van der Waals surface area (Å²) < 4.78 is 16.3. The zero-order valence-electron chi connectivity index (χ0n) is 16.7. The SMILES string of the molecule is COc1cc(OC)c(OC)cc1C[NH2+]Cc1ccc(N2CCCCC2)cc1. The van der Waals surface area contributed by atoms with E-state index in [-0.39, 0.29) is 0 Å². The molecule has 3 rings (SSSR count). The summed E-state index contributed by atoms with van der Waals surface area (Å²) in [6.07, 6.45) is 3.98. The van der Waals surface area contributed by atoms with E-state index in [1.165, 1.54) is 43.6 Å². The third-order valence-corrected chi connectivity index (χ3v) is 5.19. The van der Waals surface area contributed by atoms with Gasteiger partial charge in [0, 0.05) is 30.4 Å². The number of ether oxygens (including phenoxy) is 3. The van der Waals surface area contributed by atoms with E-state index in [4.69, 9.17) is 14.2 Å². The molecule has 2 aromatic carbocycles. The van der Waals surface area contributed by atoms with E-state index in [1.54, 1.807) is 21.3 Å². The van der Waals surface area contributed by atoms with Crippen LogP contribution in [0.3, 0.4) is 0 Å². The molecular formula is C22H31N2O3+. The molecule has 0 aromatic heterocycles. The molecule has 1 heterocycles. The molecule has 5 nitrogen and oxygen atoms in total. The van der Waals surface area contributed by atoms with Gasteiger partial charge in [-0.1, -0.05) is 12.1 Å². The Balaban J connectivity index is 1.59. The molecule has 0 bridgehead atoms. The van der Waals surface area contributed by atoms with Crippen molar-refractivity contribution in [3.63, 3.8) is 0 Å². The largest absolute Gasteiger partial charge is 0.496 e. The van der Waals surface area contributed by atoms with Crippen molar-refractivity contribution in [1.29, 1.82) is 0 Å². The number of nitrogens with two attached hydrogens (primary N) is 1. The van der Waals surface area contributed by atoms with E-state index >= 15 is 0 Å². The Morgan fingerprint density at radius 3 is 2.04 bits per heavy atom. The summed E-state index contributed by atoms with van der Waals surface area (Å²) in [5, 5.41) is 2.28. The van der Waals surface area contributed by atoms with Gasteiger partial charge in [0.2, 0.25) is 0 Å². The molecule has 0 unspecified atom stereocenters. The lowest BCUT2D eigenvalue weighted by atomic mass is 10.1. The lowest BCUT2D eigenvalue weighted by Crippen LogP contribution is -2.80. The van der Waals surface area contributed by atoms with Crippen LogP contribution in [-0.4, -0.2) is 34.4 Å². The normalized spacial score (nSPS) is 14.1. The van der Waals surface area contributed by atoms with Gasteiger partial charge < -0.3 is 24.4 Å². The Kier molecular flexibility index (Phi) is 6.82. The van der Waals surface area contributed by atoms with Crippen LogP contribution in [-0.2, 0) is 13.1 Å². The molecule has 5 heteroatoms. The van der Waals surface area contributed by atoms with Crippen LogP contribution in [0.1, 0.15) is 30.4 Å². The highest BCUT2D eigenvalue weighted by Crippen LogP contribution is 2.34. The summed E-state index contributed by atoms with van der Waals surface area (Å²) in [4.78, 5) is 2.49. The molecule has 1 aliphatic heterocycles. The van der Waals surface area contributed by atoms with Crippen LogP contribution in [0.25, 0.3) is 0 Å². The van der Waals surface area contributed by atoms with Crippen LogP contribution in [0.5, 0.6) is 17.2 Å². The molecule has 27 heavy (non-hydrogen) atoms. The van der Waals surface area contributed by atoms with Gasteiger partial charge in [-0.2, -0.15) is 0 Å². The highest BCUT2D eigenvalue weighted by atomic mass is 16.5. The minimum absolute atomic E-state index is 0.686. The summed E-state index contributed by atoms with van der Waals surface area (Å²) in [5.74, 6) is 2.24. The summed E-state index contributed by atoms with van der Waals surface area (Å²) >= 11 is 0. The second-order valence-electron chi connectivity index (χ2n) is 6.93. The van der Waals surface area contributed by atoms with Crippen molar-refractivity contribution in [1.82, 2.24) is 0 Å². The van der Waals surface area contributed by atoms with Gasteiger partial charge in [-0.25, -0.2) is 0 Å². The first kappa shape index (κ1) is 19.4. The number of anilines is 1. The van der Waals surface area contributed by atoms with Crippen LogP contribution in [0.15, 0.2) is 36.4 Å². The summed E-state index contributed by atoms with van der Waals surface area (Å²) in [6, 6.07) is 12.9. The molecule has 146 valence electrons. The van der Waals surface area contributed by atoms with Gasteiger partial charge in [-0.15, -0.1) is 0 Å². The van der Waals surface area contributed by atoms with Gasteiger partial charge in [0.25, 0.3) is 0 Å². The maximum absolute atomic E-state index is 5.51. The smallest absolute Gasteiger partial charge is 0.164 e. The fourth-order valence-corrected chi connectivity index (χ4v) is 3.64. The van der Waals surface area contributed by atoms with Gasteiger partial charge in [-0.05, 0) is 37.5 Å². The quantitative estimate of drug-likeness (QED) is 0.775. The van der Waals surface area contributed by atoms with Gasteiger partial charge in [0.15, 0.2) is 11.5 Å². The number of rotatable bonds is 8. The molecule has 1 fully saturated rings. The van der Waals surface area contributed by atoms with E-state index < -0.39 is 0 Å². The van der Waals surface area contributed by atoms with Crippen molar-refractivity contribution in [2.24, 2.45) is 0 Å². The molecule has 1 saturated heterocycles. The molecule has 0 spiro atoms. The van der Waals surface area contributed by atoms with Gasteiger partial charge >= 0.3 is 0 Å². The lowest BCUT2D eigenvalue weighted by Gasteiger charge is -2.28. The molecule has 0 atom stereocenters. The Hall–Kier alpha value is -2.40. The first-order valence-electron chi connectivity index (χ1n) is 9.69. The van der Waals surface area contributed by atoms with Crippen molar-refractivity contribution in [3.8, 4) is 17.2 Å². The van der Waals surface area contributed by atoms with Crippen LogP contribution < -0.4 is 24.4 Å². The second-order valence-corrected chi connectivity index (χ2v) is 6.93. The number of hydrogen-bond donors (Lipinski definition) is 1. The maximum Gasteiger partial charge on any atom is 0.164 e. The molecule has 0 radical (unpaired) electrons. The maximum atomic E-state index is 5.51. The predicted molar refractivity (Wildman–Crippen MR) is 108 cm³/mol. The van der Waals surface area contributed by atoms with E-state index in [0.717, 1.165) is 30.2 Å². The Bertz CT molecular complexity index is 725. The molecule has 0 saturated carbocycles. The first-order chi connectivity index (χ1) is 13.2. The predicted octanol–water partition coefficient (Wildman–Crippen LogP) is 2.97. The zero-order chi connectivity index (χ0) is 19.1. The van der Waals surface area contributed by atoms with Crippen LogP contribution in [0.2, 0.25) is 0 Å². The molecule has 2 aromatic rings. The molecule has 2 N–H and O–H groups in total. The second kappa shape index (κ2) is 9.51. The van der Waals surface area contributed by atoms with Gasteiger partial charge in [-0.3, -0.25) is 0 Å². The average molecular weight is 372 g/mol. The topological polar surface area (TPSA) is 47.5 Å². The highest BCUT2D eigenvalue weighted by molar-refractivity contribution is 5.50. The Morgan fingerprint density at radius 1 is 0.778 bits per heavy atom. The van der Waals surface area contributed by atoms with Crippen LogP contribution >= 0.6 is 0 Å². The van der Waals surface area contributed by atoms with E-state index in [1.807, 2.05) is 12.1 Å². The van der Waals surface area contributed by atoms with Crippen LogP contribution in [0.4, 0.5) is 5.69 Å². The number of nitrogens with zero attached hydrogens (tertiary/aromatic N) is 1. The minimum Gasteiger partial charge on any atom is -0.496 e. The van der Waals surface area contributed by atoms with Crippen molar-refractivity contribution in [3.05, 3.63) is 47.5 Å². The fourth-order valence-electron chi connectivity index (χ4n) is 3.64. The number of hydrogen-bond acceptors (Lipinski definition) is 4. The number of piperidine rings is 1. The van der Waals surface area contributed by atoms with E-state index in [0.29, 0.717) is 5.75 Å². The summed E-state index contributed by atoms with van der Waals surface area (Å²) in [5.41, 5.74) is 3.77. The lowest BCUT2D eigenvalue weighted by molar-refractivity contribution is -0.686. The molecule has 0 amide bonds. The van der Waals surface area contributed by atoms with Gasteiger partial charge in [0.05, 0.1) is 26.9 Å². The zero-order valence-corrected chi connectivity index (χ0v) is 16.7. The van der Waals surface area contributed by atoms with E-state index in [9.17, 15) is 0 Å². The number of benzene rings is 2. The molecular weight excluding hydrogens is 340 g/mol. The van der Waals surface area contributed by atoms with Crippen molar-refractivity contribution >= 4 is 5.69 Å². The van der Waals surface area contributed by atoms with Gasteiger partial charge in [0.1, 0.15) is 18.8 Å². The fraction of sp³-hybridized carbons (Fsp3) is 0.455. The Morgan fingerprint density at radius 2 is 1.41 bits per heavy atom. The number of quaternary nitrogens is 1. The first-order valence-corrected chi connectivity index (χ1v) is 9.69. The minimum atomic E-state index is 0.686. The number of methoxy groups -OCH3 is 3. The summed E-state index contributed by atoms with van der Waals surface area (Å²) in [7, 11) is 4.97. The van der Waals surface area contributed by atoms with Crippen molar-refractivity contribution < 1.29 is 19.5 Å². The third-order valence-electron chi connectivity index (χ3n) is 5.19. The van der Waals surface area contributed by atoms with Crippen LogP contribution in [0, 0.1) is 0 Å². The average Bonchev–Trinajstić information content (AvgIpc) is 2.74. The Labute approximate surface area is 162 Å².